The van der Waals surface area contributed by atoms with Crippen molar-refractivity contribution in [2.45, 2.75) is 19.8 Å². The van der Waals surface area contributed by atoms with E-state index >= 15 is 0 Å². The minimum Gasteiger partial charge on any atom is -0.481 e. The van der Waals surface area contributed by atoms with Gasteiger partial charge in [-0.05, 0) is 31.0 Å². The van der Waals surface area contributed by atoms with Gasteiger partial charge >= 0.3 is 5.97 Å². The maximum Gasteiger partial charge on any atom is 0.303 e. The number of rotatable bonds is 7. The molecule has 16 heavy (non-hydrogen) atoms. The predicted molar refractivity (Wildman–Crippen MR) is 63.4 cm³/mol. The van der Waals surface area contributed by atoms with Crippen molar-refractivity contribution in [2.75, 3.05) is 20.1 Å². The van der Waals surface area contributed by atoms with Crippen LogP contribution in [0.5, 0.6) is 0 Å². The van der Waals surface area contributed by atoms with Gasteiger partial charge in [0.15, 0.2) is 0 Å². The monoisotopic (exact) mass is 224 g/mol. The molecule has 1 unspecified atom stereocenters. The number of carboxylic acids is 1. The minimum atomic E-state index is -0.716. The fourth-order valence-corrected chi connectivity index (χ4v) is 1.82. The fraction of sp³-hybridized carbons (Fsp3) is 0.583. The highest BCUT2D eigenvalue weighted by Crippen LogP contribution is 2.05. The third-order valence-corrected chi connectivity index (χ3v) is 2.59. The van der Waals surface area contributed by atoms with Crippen molar-refractivity contribution in [3.63, 3.8) is 0 Å². The lowest BCUT2D eigenvalue weighted by molar-refractivity contribution is -0.138. The molecule has 0 saturated heterocycles. The first-order chi connectivity index (χ1) is 7.58. The van der Waals surface area contributed by atoms with Gasteiger partial charge < -0.3 is 15.0 Å². The largest absolute Gasteiger partial charge is 0.481 e. The van der Waals surface area contributed by atoms with Crippen molar-refractivity contribution < 1.29 is 9.90 Å². The van der Waals surface area contributed by atoms with Crippen LogP contribution in [-0.4, -0.2) is 41.1 Å². The van der Waals surface area contributed by atoms with E-state index in [1.165, 1.54) is 5.56 Å². The molecule has 1 atom stereocenters. The Morgan fingerprint density at radius 1 is 1.62 bits per heavy atom. The molecule has 0 amide bonds. The molecule has 0 spiro atoms. The van der Waals surface area contributed by atoms with Crippen LogP contribution in [0.1, 0.15) is 18.9 Å². The van der Waals surface area contributed by atoms with Crippen LogP contribution in [0.25, 0.3) is 0 Å². The average Bonchev–Trinajstić information content (AvgIpc) is 2.65. The van der Waals surface area contributed by atoms with Gasteiger partial charge in [-0.3, -0.25) is 4.79 Å². The molecule has 1 heterocycles. The number of nitrogens with zero attached hydrogens (tertiary/aromatic N) is 1. The van der Waals surface area contributed by atoms with E-state index in [9.17, 15) is 4.79 Å². The third-order valence-electron chi connectivity index (χ3n) is 2.59. The molecule has 1 aromatic heterocycles. The summed E-state index contributed by atoms with van der Waals surface area (Å²) in [6.07, 6.45) is 5.16. The molecule has 0 saturated carbocycles. The summed E-state index contributed by atoms with van der Waals surface area (Å²) in [5.41, 5.74) is 1.29. The molecule has 0 bridgehead atoms. The number of carbonyl (C=O) groups is 1. The second-order valence-electron chi connectivity index (χ2n) is 4.43. The Labute approximate surface area is 96.3 Å². The van der Waals surface area contributed by atoms with Crippen molar-refractivity contribution in [2.24, 2.45) is 5.92 Å². The van der Waals surface area contributed by atoms with Gasteiger partial charge in [-0.2, -0.15) is 0 Å². The van der Waals surface area contributed by atoms with E-state index in [0.29, 0.717) is 0 Å². The summed E-state index contributed by atoms with van der Waals surface area (Å²) in [7, 11) is 2.03. The Morgan fingerprint density at radius 3 is 2.94 bits per heavy atom. The second-order valence-corrected chi connectivity index (χ2v) is 4.43. The van der Waals surface area contributed by atoms with Crippen molar-refractivity contribution in [3.05, 3.63) is 24.0 Å². The Kier molecular flexibility index (Phi) is 5.05. The van der Waals surface area contributed by atoms with Gasteiger partial charge in [0, 0.05) is 31.9 Å². The first-order valence-corrected chi connectivity index (χ1v) is 5.60. The lowest BCUT2D eigenvalue weighted by Crippen LogP contribution is -2.27. The molecule has 4 nitrogen and oxygen atoms in total. The van der Waals surface area contributed by atoms with Gasteiger partial charge in [0.2, 0.25) is 0 Å². The third kappa shape index (κ3) is 4.98. The molecule has 1 aromatic rings. The van der Waals surface area contributed by atoms with Gasteiger partial charge in [0.1, 0.15) is 0 Å². The second kappa shape index (κ2) is 6.33. The van der Waals surface area contributed by atoms with E-state index < -0.39 is 5.97 Å². The highest BCUT2D eigenvalue weighted by Gasteiger charge is 2.10. The smallest absolute Gasteiger partial charge is 0.303 e. The molecule has 2 N–H and O–H groups in total. The Bertz CT molecular complexity index is 309. The number of likely N-dealkylation sites (N-methyl/N-ethyl adjacent to an activating group) is 1. The van der Waals surface area contributed by atoms with E-state index in [2.05, 4.69) is 16.0 Å². The molecule has 0 aliphatic carbocycles. The van der Waals surface area contributed by atoms with Crippen LogP contribution in [0.2, 0.25) is 0 Å². The molecule has 90 valence electrons. The fourth-order valence-electron chi connectivity index (χ4n) is 1.82. The summed E-state index contributed by atoms with van der Waals surface area (Å²) in [5, 5.41) is 8.65. The van der Waals surface area contributed by atoms with E-state index in [1.807, 2.05) is 26.4 Å². The molecule has 4 heteroatoms. The average molecular weight is 224 g/mol. The topological polar surface area (TPSA) is 56.3 Å². The number of aromatic nitrogens is 1. The van der Waals surface area contributed by atoms with Gasteiger partial charge in [0.25, 0.3) is 0 Å². The van der Waals surface area contributed by atoms with Crippen LogP contribution in [0.15, 0.2) is 18.5 Å². The minimum absolute atomic E-state index is 0.203. The molecule has 0 fully saturated rings. The number of H-pyrrole nitrogens is 1. The molecule has 0 aliphatic heterocycles. The van der Waals surface area contributed by atoms with Crippen LogP contribution in [0.4, 0.5) is 0 Å². The zero-order valence-corrected chi connectivity index (χ0v) is 9.94. The van der Waals surface area contributed by atoms with Crippen LogP contribution in [0.3, 0.4) is 0 Å². The number of nitrogens with one attached hydrogen (secondary N) is 1. The van der Waals surface area contributed by atoms with Gasteiger partial charge in [-0.15, -0.1) is 0 Å². The maximum absolute atomic E-state index is 10.5. The lowest BCUT2D eigenvalue weighted by atomic mass is 10.1. The zero-order valence-electron chi connectivity index (χ0n) is 9.94. The summed E-state index contributed by atoms with van der Waals surface area (Å²) in [6.45, 7) is 3.76. The standard InChI is InChI=1S/C12H20N2O2/c1-10(7-12(15)16)9-14(2)6-4-11-3-5-13-8-11/h3,5,8,10,13H,4,6-7,9H2,1-2H3,(H,15,16). The lowest BCUT2D eigenvalue weighted by Gasteiger charge is -2.19. The molecule has 0 aromatic carbocycles. The maximum atomic E-state index is 10.5. The number of hydrogen-bond donors (Lipinski definition) is 2. The number of carboxylic acid groups (broad SMARTS) is 1. The summed E-state index contributed by atoms with van der Waals surface area (Å²) >= 11 is 0. The van der Waals surface area contributed by atoms with Crippen molar-refractivity contribution in [1.29, 1.82) is 0 Å². The number of hydrogen-bond acceptors (Lipinski definition) is 2. The Hall–Kier alpha value is -1.29. The summed E-state index contributed by atoms with van der Waals surface area (Å²) < 4.78 is 0. The normalized spacial score (nSPS) is 12.9. The molecular formula is C12H20N2O2. The van der Waals surface area contributed by atoms with Crippen molar-refractivity contribution in [3.8, 4) is 0 Å². The van der Waals surface area contributed by atoms with Crippen LogP contribution >= 0.6 is 0 Å². The SMILES string of the molecule is CC(CC(=O)O)CN(C)CCc1cc[nH]c1. The first-order valence-electron chi connectivity index (χ1n) is 5.60. The molecular weight excluding hydrogens is 204 g/mol. The van der Waals surface area contributed by atoms with Crippen LogP contribution in [0, 0.1) is 5.92 Å². The van der Waals surface area contributed by atoms with Crippen molar-refractivity contribution >= 4 is 5.97 Å². The summed E-state index contributed by atoms with van der Waals surface area (Å²) in [4.78, 5) is 15.7. The zero-order chi connectivity index (χ0) is 12.0. The quantitative estimate of drug-likeness (QED) is 0.739. The van der Waals surface area contributed by atoms with Crippen LogP contribution in [-0.2, 0) is 11.2 Å². The molecule has 0 radical (unpaired) electrons. The van der Waals surface area contributed by atoms with Crippen LogP contribution < -0.4 is 0 Å². The summed E-state index contributed by atoms with van der Waals surface area (Å²) in [6, 6.07) is 2.06. The van der Waals surface area contributed by atoms with E-state index in [1.54, 1.807) is 0 Å². The van der Waals surface area contributed by atoms with Crippen molar-refractivity contribution in [1.82, 2.24) is 9.88 Å². The van der Waals surface area contributed by atoms with E-state index in [0.717, 1.165) is 19.5 Å². The van der Waals surface area contributed by atoms with Gasteiger partial charge in [-0.1, -0.05) is 6.92 Å². The van der Waals surface area contributed by atoms with Gasteiger partial charge in [-0.25, -0.2) is 0 Å². The molecule has 1 rings (SSSR count). The predicted octanol–water partition coefficient (Wildman–Crippen LogP) is 1.60. The Balaban J connectivity index is 2.20. The highest BCUT2D eigenvalue weighted by atomic mass is 16.4. The Morgan fingerprint density at radius 2 is 2.38 bits per heavy atom. The first kappa shape index (κ1) is 12.8. The number of aliphatic carboxylic acids is 1. The molecule has 0 aliphatic rings. The van der Waals surface area contributed by atoms with E-state index in [4.69, 9.17) is 5.11 Å². The summed E-state index contributed by atoms with van der Waals surface area (Å²) in [5.74, 6) is -0.514. The van der Waals surface area contributed by atoms with Gasteiger partial charge in [0.05, 0.1) is 0 Å². The van der Waals surface area contributed by atoms with E-state index in [-0.39, 0.29) is 12.3 Å². The number of aromatic amines is 1. The highest BCUT2D eigenvalue weighted by molar-refractivity contribution is 5.66.